The highest BCUT2D eigenvalue weighted by molar-refractivity contribution is 8.05. The molecule has 0 fully saturated rings. The van der Waals surface area contributed by atoms with Gasteiger partial charge in [0, 0.05) is 47.7 Å². The molecule has 0 bridgehead atoms. The minimum Gasteiger partial charge on any atom is -0.382 e. The van der Waals surface area contributed by atoms with E-state index in [-0.39, 0.29) is 0 Å². The van der Waals surface area contributed by atoms with E-state index in [0.717, 1.165) is 24.7 Å². The Morgan fingerprint density at radius 2 is 1.22 bits per heavy atom. The van der Waals surface area contributed by atoms with Crippen molar-refractivity contribution in [3.63, 3.8) is 0 Å². The highest BCUT2D eigenvalue weighted by atomic mass is 32.2. The zero-order chi connectivity index (χ0) is 17.2. The molecule has 0 N–H and O–H groups in total. The summed E-state index contributed by atoms with van der Waals surface area (Å²) in [6.45, 7) is 9.02. The van der Waals surface area contributed by atoms with Crippen molar-refractivity contribution in [2.24, 2.45) is 0 Å². The summed E-state index contributed by atoms with van der Waals surface area (Å²) in [6.07, 6.45) is 0. The van der Waals surface area contributed by atoms with Crippen molar-refractivity contribution in [2.45, 2.75) is 24.3 Å². The van der Waals surface area contributed by atoms with Gasteiger partial charge in [0.05, 0.1) is 39.6 Å². The van der Waals surface area contributed by atoms with E-state index >= 15 is 0 Å². The molecule has 0 radical (unpaired) electrons. The Bertz CT molecular complexity index is 235. The van der Waals surface area contributed by atoms with Crippen LogP contribution in [0.2, 0.25) is 0 Å². The maximum absolute atomic E-state index is 5.47. The van der Waals surface area contributed by atoms with Crippen molar-refractivity contribution >= 4 is 35.3 Å². The molecule has 0 aliphatic rings. The predicted molar refractivity (Wildman–Crippen MR) is 107 cm³/mol. The molecule has 0 aromatic carbocycles. The summed E-state index contributed by atoms with van der Waals surface area (Å²) in [5.74, 6) is 4.52. The SMILES string of the molecule is COCCOCCSCC(C)SCC(C)SCCOCCOC. The van der Waals surface area contributed by atoms with Gasteiger partial charge in [-0.05, 0) is 0 Å². The topological polar surface area (TPSA) is 36.9 Å². The van der Waals surface area contributed by atoms with Crippen LogP contribution in [0, 0.1) is 0 Å². The average Bonchev–Trinajstić information content (AvgIpc) is 2.55. The van der Waals surface area contributed by atoms with Crippen LogP contribution in [-0.4, -0.2) is 87.4 Å². The predicted octanol–water partition coefficient (Wildman–Crippen LogP) is 3.29. The lowest BCUT2D eigenvalue weighted by Crippen LogP contribution is -2.11. The van der Waals surface area contributed by atoms with Gasteiger partial charge in [-0.25, -0.2) is 0 Å². The van der Waals surface area contributed by atoms with Crippen LogP contribution in [0.1, 0.15) is 13.8 Å². The molecule has 0 rings (SSSR count). The van der Waals surface area contributed by atoms with Crippen LogP contribution in [0.4, 0.5) is 0 Å². The molecule has 0 aromatic rings. The molecule has 0 amide bonds. The number of thioether (sulfide) groups is 3. The highest BCUT2D eigenvalue weighted by Gasteiger charge is 2.08. The molecular weight excluding hydrogens is 352 g/mol. The zero-order valence-corrected chi connectivity index (χ0v) is 17.5. The molecule has 4 nitrogen and oxygen atoms in total. The molecular formula is C16H34O4S3. The maximum atomic E-state index is 5.47. The summed E-state index contributed by atoms with van der Waals surface area (Å²) >= 11 is 6.03. The van der Waals surface area contributed by atoms with Gasteiger partial charge < -0.3 is 18.9 Å². The first-order chi connectivity index (χ1) is 11.2. The Kier molecular flexibility index (Phi) is 20.0. The number of hydrogen-bond acceptors (Lipinski definition) is 7. The molecule has 0 spiro atoms. The van der Waals surface area contributed by atoms with E-state index in [4.69, 9.17) is 18.9 Å². The third-order valence-electron chi connectivity index (χ3n) is 2.83. The van der Waals surface area contributed by atoms with Gasteiger partial charge in [0.15, 0.2) is 0 Å². The Morgan fingerprint density at radius 3 is 1.83 bits per heavy atom. The van der Waals surface area contributed by atoms with Crippen molar-refractivity contribution < 1.29 is 18.9 Å². The Hall–Kier alpha value is 0.890. The summed E-state index contributed by atoms with van der Waals surface area (Å²) in [7, 11) is 3.40. The molecule has 23 heavy (non-hydrogen) atoms. The van der Waals surface area contributed by atoms with Crippen LogP contribution in [0.15, 0.2) is 0 Å². The molecule has 7 heteroatoms. The van der Waals surface area contributed by atoms with Gasteiger partial charge >= 0.3 is 0 Å². The Balaban J connectivity index is 3.31. The average molecular weight is 387 g/mol. The first kappa shape index (κ1) is 23.9. The van der Waals surface area contributed by atoms with Crippen molar-refractivity contribution in [1.29, 1.82) is 0 Å². The van der Waals surface area contributed by atoms with E-state index in [1.807, 2.05) is 23.5 Å². The second-order valence-corrected chi connectivity index (χ2v) is 9.28. The number of hydrogen-bond donors (Lipinski definition) is 0. The van der Waals surface area contributed by atoms with E-state index in [2.05, 4.69) is 25.6 Å². The van der Waals surface area contributed by atoms with Gasteiger partial charge in [0.25, 0.3) is 0 Å². The second kappa shape index (κ2) is 19.2. The van der Waals surface area contributed by atoms with E-state index in [1.54, 1.807) is 14.2 Å². The smallest absolute Gasteiger partial charge is 0.0700 e. The number of ether oxygens (including phenoxy) is 4. The lowest BCUT2D eigenvalue weighted by molar-refractivity contribution is 0.0790. The third kappa shape index (κ3) is 19.1. The first-order valence-corrected chi connectivity index (χ1v) is 11.4. The summed E-state index contributed by atoms with van der Waals surface area (Å²) in [6, 6.07) is 0. The molecule has 0 heterocycles. The van der Waals surface area contributed by atoms with Crippen LogP contribution >= 0.6 is 35.3 Å². The van der Waals surface area contributed by atoms with E-state index in [1.165, 1.54) is 11.5 Å². The third-order valence-corrected chi connectivity index (χ3v) is 7.01. The fraction of sp³-hybridized carbons (Fsp3) is 1.00. The Labute approximate surface area is 155 Å². The zero-order valence-electron chi connectivity index (χ0n) is 15.1. The van der Waals surface area contributed by atoms with Crippen molar-refractivity contribution in [1.82, 2.24) is 0 Å². The van der Waals surface area contributed by atoms with E-state index in [9.17, 15) is 0 Å². The molecule has 140 valence electrons. The van der Waals surface area contributed by atoms with Crippen LogP contribution < -0.4 is 0 Å². The van der Waals surface area contributed by atoms with E-state index in [0.29, 0.717) is 36.9 Å². The van der Waals surface area contributed by atoms with Crippen molar-refractivity contribution in [2.75, 3.05) is 76.9 Å². The Morgan fingerprint density at radius 1 is 0.652 bits per heavy atom. The summed E-state index contributed by atoms with van der Waals surface area (Å²) in [5.41, 5.74) is 0. The van der Waals surface area contributed by atoms with Crippen LogP contribution in [0.25, 0.3) is 0 Å². The van der Waals surface area contributed by atoms with Crippen molar-refractivity contribution in [3.05, 3.63) is 0 Å². The normalized spacial score (nSPS) is 14.1. The largest absolute Gasteiger partial charge is 0.382 e. The summed E-state index contributed by atoms with van der Waals surface area (Å²) in [5, 5.41) is 1.37. The molecule has 0 aliphatic carbocycles. The molecule has 0 saturated heterocycles. The molecule has 0 aliphatic heterocycles. The minimum absolute atomic E-state index is 0.677. The number of methoxy groups -OCH3 is 2. The fourth-order valence-corrected chi connectivity index (χ4v) is 4.80. The first-order valence-electron chi connectivity index (χ1n) is 8.15. The second-order valence-electron chi connectivity index (χ2n) is 5.11. The van der Waals surface area contributed by atoms with Gasteiger partial charge in [-0.15, -0.1) is 0 Å². The fourth-order valence-electron chi connectivity index (χ4n) is 1.56. The summed E-state index contributed by atoms with van der Waals surface area (Å²) in [4.78, 5) is 0. The maximum Gasteiger partial charge on any atom is 0.0700 e. The van der Waals surface area contributed by atoms with Gasteiger partial charge in [-0.2, -0.15) is 35.3 Å². The van der Waals surface area contributed by atoms with Gasteiger partial charge in [-0.3, -0.25) is 0 Å². The summed E-state index contributed by atoms with van der Waals surface area (Å²) < 4.78 is 20.8. The van der Waals surface area contributed by atoms with Crippen molar-refractivity contribution in [3.8, 4) is 0 Å². The van der Waals surface area contributed by atoms with Crippen LogP contribution in [0.5, 0.6) is 0 Å². The van der Waals surface area contributed by atoms with Gasteiger partial charge in [-0.1, -0.05) is 13.8 Å². The van der Waals surface area contributed by atoms with Gasteiger partial charge in [0.1, 0.15) is 0 Å². The monoisotopic (exact) mass is 386 g/mol. The molecule has 2 atom stereocenters. The highest BCUT2D eigenvalue weighted by Crippen LogP contribution is 2.21. The molecule has 2 unspecified atom stereocenters. The standard InChI is InChI=1S/C16H34O4S3/c1-15(13-21-11-9-19-7-5-17-3)23-14-16(2)22-12-10-20-8-6-18-4/h15-16H,5-14H2,1-4H3. The molecule has 0 aromatic heterocycles. The van der Waals surface area contributed by atoms with Crippen LogP contribution in [0.3, 0.4) is 0 Å². The quantitative estimate of drug-likeness (QED) is 0.335. The van der Waals surface area contributed by atoms with Crippen LogP contribution in [-0.2, 0) is 18.9 Å². The minimum atomic E-state index is 0.677. The number of rotatable bonds is 18. The lowest BCUT2D eigenvalue weighted by atomic mass is 10.5. The van der Waals surface area contributed by atoms with E-state index < -0.39 is 0 Å². The van der Waals surface area contributed by atoms with Gasteiger partial charge in [0.2, 0.25) is 0 Å². The lowest BCUT2D eigenvalue weighted by Gasteiger charge is -2.15. The molecule has 0 saturated carbocycles.